The van der Waals surface area contributed by atoms with Crippen molar-refractivity contribution in [3.63, 3.8) is 0 Å². The van der Waals surface area contributed by atoms with E-state index in [0.29, 0.717) is 13.1 Å². The topological polar surface area (TPSA) is 89.9 Å². The second-order valence-corrected chi connectivity index (χ2v) is 7.25. The Morgan fingerprint density at radius 3 is 3.04 bits per heavy atom. The molecule has 2 atom stereocenters. The third-order valence-corrected chi connectivity index (χ3v) is 5.27. The summed E-state index contributed by atoms with van der Waals surface area (Å²) in [5, 5.41) is 5.54. The Balaban J connectivity index is 1.45. The fraction of sp³-hybridized carbons (Fsp3) is 0.400. The minimum absolute atomic E-state index is 0.137. The van der Waals surface area contributed by atoms with Crippen LogP contribution in [-0.4, -0.2) is 43.6 Å². The molecule has 140 valence electrons. The number of nitrogens with zero attached hydrogens (tertiary/aromatic N) is 5. The van der Waals surface area contributed by atoms with Crippen molar-refractivity contribution in [1.82, 2.24) is 24.6 Å². The van der Waals surface area contributed by atoms with Gasteiger partial charge in [-0.2, -0.15) is 5.10 Å². The molecule has 2 aromatic heterocycles. The number of carbonyl (C=O) groups is 1. The van der Waals surface area contributed by atoms with E-state index in [0.717, 1.165) is 36.0 Å². The van der Waals surface area contributed by atoms with Crippen LogP contribution in [0.1, 0.15) is 31.4 Å². The molecular formula is C20H24N6O. The SMILES string of the molecule is CC(Cn1ncc2ccccc21)C(=O)N1CCCC(c2ccnc(N)n2)C1. The van der Waals surface area contributed by atoms with E-state index in [4.69, 9.17) is 5.73 Å². The van der Waals surface area contributed by atoms with E-state index >= 15 is 0 Å². The Bertz CT molecular complexity index is 952. The van der Waals surface area contributed by atoms with Crippen LogP contribution in [-0.2, 0) is 11.3 Å². The lowest BCUT2D eigenvalue weighted by Gasteiger charge is -2.34. The number of rotatable bonds is 4. The number of anilines is 1. The Morgan fingerprint density at radius 1 is 1.33 bits per heavy atom. The van der Waals surface area contributed by atoms with E-state index in [1.807, 2.05) is 53.0 Å². The minimum Gasteiger partial charge on any atom is -0.368 e. The van der Waals surface area contributed by atoms with Crippen molar-refractivity contribution in [2.75, 3.05) is 18.8 Å². The summed E-state index contributed by atoms with van der Waals surface area (Å²) in [5.41, 5.74) is 7.70. The Morgan fingerprint density at radius 2 is 2.19 bits per heavy atom. The highest BCUT2D eigenvalue weighted by Gasteiger charge is 2.28. The fourth-order valence-corrected chi connectivity index (χ4v) is 3.86. The monoisotopic (exact) mass is 364 g/mol. The van der Waals surface area contributed by atoms with Gasteiger partial charge in [0.25, 0.3) is 0 Å². The minimum atomic E-state index is -0.137. The fourth-order valence-electron chi connectivity index (χ4n) is 3.86. The summed E-state index contributed by atoms with van der Waals surface area (Å²) in [6.45, 7) is 4.03. The van der Waals surface area contributed by atoms with Crippen LogP contribution in [0.5, 0.6) is 0 Å². The van der Waals surface area contributed by atoms with E-state index in [-0.39, 0.29) is 23.7 Å². The smallest absolute Gasteiger partial charge is 0.227 e. The summed E-state index contributed by atoms with van der Waals surface area (Å²) in [6.07, 6.45) is 5.52. The van der Waals surface area contributed by atoms with Crippen molar-refractivity contribution in [3.8, 4) is 0 Å². The zero-order valence-electron chi connectivity index (χ0n) is 15.5. The molecule has 2 unspecified atom stereocenters. The lowest BCUT2D eigenvalue weighted by Crippen LogP contribution is -2.42. The molecule has 2 N–H and O–H groups in total. The number of para-hydroxylation sites is 1. The van der Waals surface area contributed by atoms with Crippen molar-refractivity contribution < 1.29 is 4.79 Å². The molecule has 1 aromatic carbocycles. The van der Waals surface area contributed by atoms with Gasteiger partial charge in [-0.05, 0) is 25.0 Å². The molecule has 0 aliphatic carbocycles. The number of nitrogen functional groups attached to an aromatic ring is 1. The zero-order chi connectivity index (χ0) is 18.8. The second kappa shape index (κ2) is 7.34. The van der Waals surface area contributed by atoms with Crippen LogP contribution in [0.2, 0.25) is 0 Å². The van der Waals surface area contributed by atoms with Crippen molar-refractivity contribution in [1.29, 1.82) is 0 Å². The maximum Gasteiger partial charge on any atom is 0.227 e. The maximum absolute atomic E-state index is 13.0. The molecule has 3 aromatic rings. The Labute approximate surface area is 158 Å². The highest BCUT2D eigenvalue weighted by Crippen LogP contribution is 2.27. The van der Waals surface area contributed by atoms with Crippen LogP contribution in [0.25, 0.3) is 10.9 Å². The van der Waals surface area contributed by atoms with E-state index in [9.17, 15) is 4.79 Å². The quantitative estimate of drug-likeness (QED) is 0.768. The first-order valence-corrected chi connectivity index (χ1v) is 9.39. The second-order valence-electron chi connectivity index (χ2n) is 7.25. The van der Waals surface area contributed by atoms with Crippen molar-refractivity contribution in [3.05, 3.63) is 48.4 Å². The van der Waals surface area contributed by atoms with E-state index in [2.05, 4.69) is 15.1 Å². The maximum atomic E-state index is 13.0. The van der Waals surface area contributed by atoms with Crippen LogP contribution in [0.3, 0.4) is 0 Å². The van der Waals surface area contributed by atoms with Gasteiger partial charge in [0.15, 0.2) is 0 Å². The van der Waals surface area contributed by atoms with Gasteiger partial charge in [0, 0.05) is 30.6 Å². The summed E-state index contributed by atoms with van der Waals surface area (Å²) >= 11 is 0. The number of hydrogen-bond donors (Lipinski definition) is 1. The predicted molar refractivity (Wildman–Crippen MR) is 104 cm³/mol. The van der Waals surface area contributed by atoms with E-state index in [1.165, 1.54) is 0 Å². The van der Waals surface area contributed by atoms with Crippen molar-refractivity contribution in [2.45, 2.75) is 32.2 Å². The van der Waals surface area contributed by atoms with Crippen LogP contribution >= 0.6 is 0 Å². The molecule has 7 nitrogen and oxygen atoms in total. The average molecular weight is 364 g/mol. The number of piperidine rings is 1. The molecule has 1 aliphatic heterocycles. The molecule has 1 fully saturated rings. The largest absolute Gasteiger partial charge is 0.368 e. The van der Waals surface area contributed by atoms with Gasteiger partial charge in [0.05, 0.1) is 29.9 Å². The first kappa shape index (κ1) is 17.5. The highest BCUT2D eigenvalue weighted by molar-refractivity contribution is 5.80. The average Bonchev–Trinajstić information content (AvgIpc) is 3.10. The van der Waals surface area contributed by atoms with Gasteiger partial charge in [-0.25, -0.2) is 9.97 Å². The number of likely N-dealkylation sites (tertiary alicyclic amines) is 1. The molecule has 1 aliphatic rings. The van der Waals surface area contributed by atoms with Gasteiger partial charge in [-0.3, -0.25) is 9.48 Å². The number of amides is 1. The van der Waals surface area contributed by atoms with Gasteiger partial charge >= 0.3 is 0 Å². The summed E-state index contributed by atoms with van der Waals surface area (Å²) in [4.78, 5) is 23.3. The molecule has 7 heteroatoms. The molecule has 3 heterocycles. The summed E-state index contributed by atoms with van der Waals surface area (Å²) in [6, 6.07) is 9.96. The molecule has 0 bridgehead atoms. The van der Waals surface area contributed by atoms with Crippen molar-refractivity contribution >= 4 is 22.8 Å². The van der Waals surface area contributed by atoms with E-state index in [1.54, 1.807) is 6.20 Å². The molecule has 27 heavy (non-hydrogen) atoms. The predicted octanol–water partition coefficient (Wildman–Crippen LogP) is 2.45. The Hall–Kier alpha value is -2.96. The zero-order valence-corrected chi connectivity index (χ0v) is 15.5. The number of aromatic nitrogens is 4. The first-order valence-electron chi connectivity index (χ1n) is 9.39. The number of carbonyl (C=O) groups excluding carboxylic acids is 1. The number of benzene rings is 1. The third kappa shape index (κ3) is 3.63. The molecule has 1 saturated heterocycles. The molecule has 1 amide bonds. The van der Waals surface area contributed by atoms with Gasteiger partial charge < -0.3 is 10.6 Å². The highest BCUT2D eigenvalue weighted by atomic mass is 16.2. The number of fused-ring (bicyclic) bond motifs is 1. The lowest BCUT2D eigenvalue weighted by atomic mass is 9.93. The van der Waals surface area contributed by atoms with Crippen molar-refractivity contribution in [2.24, 2.45) is 5.92 Å². The lowest BCUT2D eigenvalue weighted by molar-refractivity contribution is -0.136. The number of hydrogen-bond acceptors (Lipinski definition) is 5. The van der Waals surface area contributed by atoms with Crippen LogP contribution in [0, 0.1) is 5.92 Å². The molecule has 0 spiro atoms. The van der Waals surface area contributed by atoms with Gasteiger partial charge in [-0.15, -0.1) is 0 Å². The summed E-state index contributed by atoms with van der Waals surface area (Å²) in [7, 11) is 0. The van der Waals surface area contributed by atoms with Crippen LogP contribution in [0.15, 0.2) is 42.7 Å². The van der Waals surface area contributed by atoms with Gasteiger partial charge in [0.2, 0.25) is 11.9 Å². The molecular weight excluding hydrogens is 340 g/mol. The normalized spacial score (nSPS) is 18.6. The van der Waals surface area contributed by atoms with Gasteiger partial charge in [-0.1, -0.05) is 25.1 Å². The first-order chi connectivity index (χ1) is 13.1. The van der Waals surface area contributed by atoms with Gasteiger partial charge in [0.1, 0.15) is 0 Å². The molecule has 0 radical (unpaired) electrons. The molecule has 4 rings (SSSR count). The molecule has 0 saturated carbocycles. The number of nitrogens with two attached hydrogens (primary N) is 1. The van der Waals surface area contributed by atoms with Crippen LogP contribution < -0.4 is 5.73 Å². The summed E-state index contributed by atoms with van der Waals surface area (Å²) in [5.74, 6) is 0.532. The standard InChI is InChI=1S/C20H24N6O/c1-14(12-26-18-7-3-2-5-15(18)11-23-26)19(27)25-10-4-6-16(13-25)17-8-9-22-20(21)24-17/h2-3,5,7-9,11,14,16H,4,6,10,12-13H2,1H3,(H2,21,22,24). The summed E-state index contributed by atoms with van der Waals surface area (Å²) < 4.78 is 1.92. The van der Waals surface area contributed by atoms with E-state index < -0.39 is 0 Å². The van der Waals surface area contributed by atoms with Crippen LogP contribution in [0.4, 0.5) is 5.95 Å². The Kier molecular flexibility index (Phi) is 4.75. The third-order valence-electron chi connectivity index (χ3n) is 5.27.